The number of rotatable bonds is 3. The summed E-state index contributed by atoms with van der Waals surface area (Å²) in [5.41, 5.74) is 0.424. The maximum absolute atomic E-state index is 13.6. The number of methoxy groups -OCH3 is 1. The van der Waals surface area contributed by atoms with E-state index in [-0.39, 0.29) is 23.5 Å². The van der Waals surface area contributed by atoms with E-state index in [1.807, 2.05) is 27.0 Å². The van der Waals surface area contributed by atoms with Gasteiger partial charge in [0.05, 0.1) is 18.1 Å². The summed E-state index contributed by atoms with van der Waals surface area (Å²) in [6, 6.07) is 4.37. The third-order valence-corrected chi connectivity index (χ3v) is 4.08. The van der Waals surface area contributed by atoms with Gasteiger partial charge in [-0.25, -0.2) is 4.39 Å². The number of benzene rings is 1. The monoisotopic (exact) mass is 326 g/mol. The highest BCUT2D eigenvalue weighted by atomic mass is 32.2. The van der Waals surface area contributed by atoms with Crippen LogP contribution in [-0.4, -0.2) is 30.9 Å². The van der Waals surface area contributed by atoms with Gasteiger partial charge in [-0.3, -0.25) is 9.79 Å². The molecule has 4 nitrogen and oxygen atoms in total. The number of nitrogens with zero attached hydrogens (tertiary/aromatic N) is 1. The molecule has 1 amide bonds. The van der Waals surface area contributed by atoms with E-state index in [1.54, 1.807) is 6.07 Å². The van der Waals surface area contributed by atoms with Crippen LogP contribution in [0, 0.1) is 17.7 Å². The number of nitrogens with one attached hydrogen (secondary N) is 1. The fourth-order valence-electron chi connectivity index (χ4n) is 2.21. The zero-order valence-corrected chi connectivity index (χ0v) is 14.5. The molecule has 22 heavy (non-hydrogen) atoms. The van der Waals surface area contributed by atoms with Gasteiger partial charge >= 0.3 is 0 Å². The van der Waals surface area contributed by atoms with E-state index in [9.17, 15) is 9.18 Å². The van der Waals surface area contributed by atoms with Crippen molar-refractivity contribution in [3.8, 4) is 5.75 Å². The molecule has 1 heterocycles. The fraction of sp³-hybridized carbons (Fsp3) is 0.500. The molecule has 122 valence electrons. The SMILES string of the molecule is CC.COc1ccc(NC(=O)C2C(SC)=NCC2C)cc1F. The van der Waals surface area contributed by atoms with Crippen LogP contribution in [0.3, 0.4) is 0 Å². The molecule has 0 radical (unpaired) electrons. The van der Waals surface area contributed by atoms with E-state index in [4.69, 9.17) is 4.74 Å². The van der Waals surface area contributed by atoms with Crippen molar-refractivity contribution in [1.82, 2.24) is 0 Å². The molecule has 0 bridgehead atoms. The average Bonchev–Trinajstić information content (AvgIpc) is 2.90. The van der Waals surface area contributed by atoms with Crippen molar-refractivity contribution in [2.24, 2.45) is 16.8 Å². The van der Waals surface area contributed by atoms with Crippen LogP contribution in [0.2, 0.25) is 0 Å². The van der Waals surface area contributed by atoms with Gasteiger partial charge in [0.1, 0.15) is 0 Å². The molecule has 0 fully saturated rings. The Morgan fingerprint density at radius 2 is 2.14 bits per heavy atom. The standard InChI is InChI=1S/C14H17FN2O2S.C2H6/c1-8-7-16-14(20-3)12(8)13(18)17-9-4-5-11(19-2)10(15)6-9;1-2/h4-6,8,12H,7H2,1-3H3,(H,17,18);1-2H3. The van der Waals surface area contributed by atoms with Gasteiger partial charge < -0.3 is 10.1 Å². The van der Waals surface area contributed by atoms with Gasteiger partial charge in [0, 0.05) is 18.3 Å². The van der Waals surface area contributed by atoms with Crippen LogP contribution in [-0.2, 0) is 4.79 Å². The minimum atomic E-state index is -0.497. The molecule has 0 saturated heterocycles. The highest BCUT2D eigenvalue weighted by Gasteiger charge is 2.34. The second-order valence-electron chi connectivity index (χ2n) is 4.68. The Bertz CT molecular complexity index is 549. The average molecular weight is 326 g/mol. The lowest BCUT2D eigenvalue weighted by molar-refractivity contribution is -0.118. The Morgan fingerprint density at radius 3 is 2.68 bits per heavy atom. The van der Waals surface area contributed by atoms with Crippen LogP contribution in [0.25, 0.3) is 0 Å². The van der Waals surface area contributed by atoms with Crippen LogP contribution in [0.4, 0.5) is 10.1 Å². The topological polar surface area (TPSA) is 50.7 Å². The number of hydrogen-bond donors (Lipinski definition) is 1. The first kappa shape index (κ1) is 18.5. The van der Waals surface area contributed by atoms with Crippen molar-refractivity contribution in [2.45, 2.75) is 20.8 Å². The summed E-state index contributed by atoms with van der Waals surface area (Å²) in [5, 5.41) is 3.58. The van der Waals surface area contributed by atoms with Crippen LogP contribution in [0.15, 0.2) is 23.2 Å². The largest absolute Gasteiger partial charge is 0.494 e. The maximum Gasteiger partial charge on any atom is 0.234 e. The number of carbonyl (C=O) groups excluding carboxylic acids is 1. The van der Waals surface area contributed by atoms with Crippen LogP contribution < -0.4 is 10.1 Å². The summed E-state index contributed by atoms with van der Waals surface area (Å²) >= 11 is 1.49. The minimum Gasteiger partial charge on any atom is -0.494 e. The molecule has 1 aromatic carbocycles. The molecule has 1 aliphatic rings. The fourth-order valence-corrected chi connectivity index (χ4v) is 3.00. The third-order valence-electron chi connectivity index (χ3n) is 3.28. The lowest BCUT2D eigenvalue weighted by Gasteiger charge is -2.16. The second-order valence-corrected chi connectivity index (χ2v) is 5.50. The number of thioether (sulfide) groups is 1. The molecule has 6 heteroatoms. The van der Waals surface area contributed by atoms with Gasteiger partial charge in [0.15, 0.2) is 11.6 Å². The van der Waals surface area contributed by atoms with Crippen molar-refractivity contribution in [3.63, 3.8) is 0 Å². The zero-order valence-electron chi connectivity index (χ0n) is 13.6. The summed E-state index contributed by atoms with van der Waals surface area (Å²) in [6.45, 7) is 6.65. The number of anilines is 1. The van der Waals surface area contributed by atoms with Gasteiger partial charge in [-0.1, -0.05) is 20.8 Å². The summed E-state index contributed by atoms with van der Waals surface area (Å²) in [6.07, 6.45) is 1.91. The molecule has 2 rings (SSSR count). The number of ether oxygens (including phenoxy) is 1. The van der Waals surface area contributed by atoms with Crippen LogP contribution in [0.5, 0.6) is 5.75 Å². The Kier molecular flexibility index (Phi) is 7.38. The molecule has 0 aromatic heterocycles. The molecule has 0 saturated carbocycles. The summed E-state index contributed by atoms with van der Waals surface area (Å²) < 4.78 is 18.4. The number of aliphatic imine (C=N–C) groups is 1. The number of halogens is 1. The van der Waals surface area contributed by atoms with Gasteiger partial charge in [0.2, 0.25) is 5.91 Å². The van der Waals surface area contributed by atoms with E-state index in [0.717, 1.165) is 5.04 Å². The van der Waals surface area contributed by atoms with E-state index in [1.165, 1.54) is 31.0 Å². The molecular formula is C16H23FN2O2S. The lowest BCUT2D eigenvalue weighted by atomic mass is 9.97. The van der Waals surface area contributed by atoms with Gasteiger partial charge in [0.25, 0.3) is 0 Å². The molecule has 1 aliphatic heterocycles. The van der Waals surface area contributed by atoms with Crippen LogP contribution >= 0.6 is 11.8 Å². The predicted octanol–water partition coefficient (Wildman–Crippen LogP) is 3.83. The van der Waals surface area contributed by atoms with E-state index >= 15 is 0 Å². The zero-order chi connectivity index (χ0) is 16.7. The maximum atomic E-state index is 13.6. The van der Waals surface area contributed by atoms with Crippen LogP contribution in [0.1, 0.15) is 20.8 Å². The van der Waals surface area contributed by atoms with Gasteiger partial charge in [-0.05, 0) is 24.3 Å². The van der Waals surface area contributed by atoms with Gasteiger partial charge in [-0.15, -0.1) is 11.8 Å². The third kappa shape index (κ3) is 4.22. The van der Waals surface area contributed by atoms with Crippen molar-refractivity contribution >= 4 is 28.4 Å². The first-order chi connectivity index (χ1) is 10.6. The Morgan fingerprint density at radius 1 is 1.45 bits per heavy atom. The summed E-state index contributed by atoms with van der Waals surface area (Å²) in [4.78, 5) is 16.7. The quantitative estimate of drug-likeness (QED) is 0.918. The summed E-state index contributed by atoms with van der Waals surface area (Å²) in [7, 11) is 1.40. The molecular weight excluding hydrogens is 303 g/mol. The lowest BCUT2D eigenvalue weighted by Crippen LogP contribution is -2.30. The van der Waals surface area contributed by atoms with Crippen molar-refractivity contribution in [2.75, 3.05) is 25.2 Å². The molecule has 0 spiro atoms. The van der Waals surface area contributed by atoms with Crippen molar-refractivity contribution in [1.29, 1.82) is 0 Å². The minimum absolute atomic E-state index is 0.146. The first-order valence-corrected chi connectivity index (χ1v) is 8.52. The normalized spacial score (nSPS) is 19.8. The number of carbonyl (C=O) groups is 1. The Labute approximate surface area is 135 Å². The molecule has 2 atom stereocenters. The summed E-state index contributed by atoms with van der Waals surface area (Å²) in [5.74, 6) is -0.574. The predicted molar refractivity (Wildman–Crippen MR) is 91.4 cm³/mol. The Hall–Kier alpha value is -1.56. The van der Waals surface area contributed by atoms with Crippen molar-refractivity contribution < 1.29 is 13.9 Å². The number of hydrogen-bond acceptors (Lipinski definition) is 4. The molecule has 0 aliphatic carbocycles. The number of amides is 1. The molecule has 1 N–H and O–H groups in total. The highest BCUT2D eigenvalue weighted by Crippen LogP contribution is 2.28. The van der Waals surface area contributed by atoms with E-state index in [2.05, 4.69) is 10.3 Å². The van der Waals surface area contributed by atoms with Crippen molar-refractivity contribution in [3.05, 3.63) is 24.0 Å². The second kappa shape index (κ2) is 8.78. The molecule has 2 unspecified atom stereocenters. The Balaban J connectivity index is 0.00000116. The smallest absolute Gasteiger partial charge is 0.234 e. The highest BCUT2D eigenvalue weighted by molar-refractivity contribution is 8.13. The van der Waals surface area contributed by atoms with Gasteiger partial charge in [-0.2, -0.15) is 0 Å². The van der Waals surface area contributed by atoms with E-state index in [0.29, 0.717) is 12.2 Å². The van der Waals surface area contributed by atoms with E-state index < -0.39 is 5.82 Å². The molecule has 1 aromatic rings. The first-order valence-electron chi connectivity index (χ1n) is 7.29.